The van der Waals surface area contributed by atoms with Crippen LogP contribution in [-0.2, 0) is 6.42 Å². The maximum atomic E-state index is 6.40. The number of nitrogens with two attached hydrogens (primary N) is 1. The summed E-state index contributed by atoms with van der Waals surface area (Å²) in [7, 11) is 2.08. The molecule has 1 aromatic heterocycles. The van der Waals surface area contributed by atoms with Gasteiger partial charge in [0.1, 0.15) is 5.82 Å². The molecule has 0 aliphatic rings. The van der Waals surface area contributed by atoms with Crippen molar-refractivity contribution in [1.29, 1.82) is 0 Å². The predicted octanol–water partition coefficient (Wildman–Crippen LogP) is 4.69. The second-order valence-electron chi connectivity index (χ2n) is 6.49. The standard InChI is InChI=1S/C21H27N3/c1-24(21-19-14-9-8-13-18(19)16-23-21)20(22)15-7-3-6-12-17-10-4-2-5-11-17/h2,4-5,8-11,13-14,16,20,23H,3,6-7,12,15,22H2,1H3. The number of aromatic amines is 1. The van der Waals surface area contributed by atoms with Crippen LogP contribution in [-0.4, -0.2) is 18.2 Å². The van der Waals surface area contributed by atoms with E-state index in [0.717, 1.165) is 25.1 Å². The maximum absolute atomic E-state index is 6.40. The van der Waals surface area contributed by atoms with E-state index in [1.165, 1.54) is 29.2 Å². The van der Waals surface area contributed by atoms with Crippen LogP contribution >= 0.6 is 0 Å². The summed E-state index contributed by atoms with van der Waals surface area (Å²) in [5.41, 5.74) is 7.83. The molecule has 1 unspecified atom stereocenters. The second kappa shape index (κ2) is 8.02. The number of nitrogens with zero attached hydrogens (tertiary/aromatic N) is 1. The van der Waals surface area contributed by atoms with Crippen LogP contribution in [0.2, 0.25) is 0 Å². The first-order valence-corrected chi connectivity index (χ1v) is 8.84. The molecule has 24 heavy (non-hydrogen) atoms. The van der Waals surface area contributed by atoms with Crippen LogP contribution in [0.25, 0.3) is 10.8 Å². The summed E-state index contributed by atoms with van der Waals surface area (Å²) in [6.45, 7) is 0. The molecule has 0 aliphatic carbocycles. The minimum absolute atomic E-state index is 0.0452. The molecule has 0 spiro atoms. The fraction of sp³-hybridized carbons (Fsp3) is 0.333. The van der Waals surface area contributed by atoms with E-state index in [0.29, 0.717) is 0 Å². The molecule has 0 saturated carbocycles. The number of hydrogen-bond acceptors (Lipinski definition) is 2. The lowest BCUT2D eigenvalue weighted by atomic mass is 10.1. The highest BCUT2D eigenvalue weighted by molar-refractivity contribution is 5.93. The Balaban J connectivity index is 1.45. The van der Waals surface area contributed by atoms with Gasteiger partial charge >= 0.3 is 0 Å². The van der Waals surface area contributed by atoms with Gasteiger partial charge in [0.15, 0.2) is 0 Å². The molecular formula is C21H27N3. The van der Waals surface area contributed by atoms with Gasteiger partial charge in [-0.2, -0.15) is 0 Å². The highest BCUT2D eigenvalue weighted by Gasteiger charge is 2.14. The Labute approximate surface area is 144 Å². The number of aromatic nitrogens is 1. The van der Waals surface area contributed by atoms with E-state index in [-0.39, 0.29) is 6.17 Å². The minimum Gasteiger partial charge on any atom is -0.347 e. The Morgan fingerprint density at radius 1 is 0.958 bits per heavy atom. The van der Waals surface area contributed by atoms with E-state index >= 15 is 0 Å². The number of benzene rings is 2. The third kappa shape index (κ3) is 3.98. The summed E-state index contributed by atoms with van der Waals surface area (Å²) in [6, 6.07) is 19.1. The van der Waals surface area contributed by atoms with Gasteiger partial charge in [0.2, 0.25) is 0 Å². The summed E-state index contributed by atoms with van der Waals surface area (Å²) < 4.78 is 0. The van der Waals surface area contributed by atoms with E-state index < -0.39 is 0 Å². The lowest BCUT2D eigenvalue weighted by Crippen LogP contribution is -2.39. The van der Waals surface area contributed by atoms with Crippen LogP contribution in [0.1, 0.15) is 31.2 Å². The molecule has 3 rings (SSSR count). The first-order valence-electron chi connectivity index (χ1n) is 8.84. The largest absolute Gasteiger partial charge is 0.347 e. The highest BCUT2D eigenvalue weighted by Crippen LogP contribution is 2.26. The van der Waals surface area contributed by atoms with Crippen LogP contribution in [0.15, 0.2) is 60.8 Å². The van der Waals surface area contributed by atoms with Gasteiger partial charge in [-0.25, -0.2) is 0 Å². The van der Waals surface area contributed by atoms with Crippen molar-refractivity contribution in [3.8, 4) is 0 Å². The molecule has 3 nitrogen and oxygen atoms in total. The monoisotopic (exact) mass is 321 g/mol. The van der Waals surface area contributed by atoms with Gasteiger partial charge in [-0.15, -0.1) is 0 Å². The summed E-state index contributed by atoms with van der Waals surface area (Å²) in [6.07, 6.45) is 7.88. The average Bonchev–Trinajstić information content (AvgIpc) is 3.05. The molecule has 3 heteroatoms. The van der Waals surface area contributed by atoms with Crippen molar-refractivity contribution in [3.05, 3.63) is 66.4 Å². The second-order valence-corrected chi connectivity index (χ2v) is 6.49. The van der Waals surface area contributed by atoms with E-state index in [4.69, 9.17) is 5.73 Å². The Hall–Kier alpha value is -2.26. The molecular weight excluding hydrogens is 294 g/mol. The number of hydrogen-bond donors (Lipinski definition) is 2. The van der Waals surface area contributed by atoms with Crippen molar-refractivity contribution >= 4 is 16.6 Å². The lowest BCUT2D eigenvalue weighted by molar-refractivity contribution is 0.543. The molecule has 1 atom stereocenters. The number of fused-ring (bicyclic) bond motifs is 1. The summed E-state index contributed by atoms with van der Waals surface area (Å²) >= 11 is 0. The zero-order valence-electron chi connectivity index (χ0n) is 14.4. The third-order valence-electron chi connectivity index (χ3n) is 4.74. The van der Waals surface area contributed by atoms with Crippen LogP contribution in [0.3, 0.4) is 0 Å². The smallest absolute Gasteiger partial charge is 0.114 e. The van der Waals surface area contributed by atoms with Crippen LogP contribution in [0, 0.1) is 0 Å². The van der Waals surface area contributed by atoms with Crippen LogP contribution in [0.4, 0.5) is 5.82 Å². The number of anilines is 1. The van der Waals surface area contributed by atoms with Gasteiger partial charge in [-0.1, -0.05) is 67.4 Å². The molecule has 2 aromatic carbocycles. The Bertz CT molecular complexity index is 748. The minimum atomic E-state index is 0.0452. The number of nitrogens with one attached hydrogen (secondary N) is 1. The molecule has 3 N–H and O–H groups in total. The molecule has 0 aliphatic heterocycles. The van der Waals surface area contributed by atoms with Gasteiger partial charge in [-0.3, -0.25) is 0 Å². The fourth-order valence-corrected chi connectivity index (χ4v) is 3.22. The van der Waals surface area contributed by atoms with Crippen LogP contribution in [0.5, 0.6) is 0 Å². The quantitative estimate of drug-likeness (QED) is 0.467. The van der Waals surface area contributed by atoms with E-state index in [2.05, 4.69) is 71.5 Å². The molecule has 0 bridgehead atoms. The Morgan fingerprint density at radius 2 is 1.71 bits per heavy atom. The summed E-state index contributed by atoms with van der Waals surface area (Å²) in [4.78, 5) is 5.53. The lowest BCUT2D eigenvalue weighted by Gasteiger charge is -2.26. The van der Waals surface area contributed by atoms with E-state index in [1.807, 2.05) is 6.20 Å². The topological polar surface area (TPSA) is 45.0 Å². The van der Waals surface area contributed by atoms with E-state index in [9.17, 15) is 0 Å². The van der Waals surface area contributed by atoms with E-state index in [1.54, 1.807) is 0 Å². The van der Waals surface area contributed by atoms with Gasteiger partial charge < -0.3 is 15.6 Å². The SMILES string of the molecule is CN(c1[nH]cc2ccccc12)C(N)CCCCCc1ccccc1. The Kier molecular flexibility index (Phi) is 5.55. The Morgan fingerprint density at radius 3 is 2.54 bits per heavy atom. The fourth-order valence-electron chi connectivity index (χ4n) is 3.22. The molecule has 126 valence electrons. The molecule has 3 aromatic rings. The normalized spacial score (nSPS) is 12.4. The van der Waals surface area contributed by atoms with Crippen molar-refractivity contribution in [2.24, 2.45) is 5.73 Å². The summed E-state index contributed by atoms with van der Waals surface area (Å²) in [5.74, 6) is 1.11. The first-order chi connectivity index (χ1) is 11.8. The highest BCUT2D eigenvalue weighted by atomic mass is 15.2. The van der Waals surface area contributed by atoms with Crippen LogP contribution < -0.4 is 10.6 Å². The molecule has 0 amide bonds. The summed E-state index contributed by atoms with van der Waals surface area (Å²) in [5, 5.41) is 2.47. The molecule has 0 fully saturated rings. The molecule has 0 saturated heterocycles. The number of aryl methyl sites for hydroxylation is 1. The first kappa shape index (κ1) is 16.6. The van der Waals surface area contributed by atoms with Crippen molar-refractivity contribution in [2.45, 2.75) is 38.3 Å². The maximum Gasteiger partial charge on any atom is 0.114 e. The van der Waals surface area contributed by atoms with Gasteiger partial charge in [-0.05, 0) is 24.8 Å². The zero-order valence-corrected chi connectivity index (χ0v) is 14.4. The average molecular weight is 321 g/mol. The number of unbranched alkanes of at least 4 members (excludes halogenated alkanes) is 2. The van der Waals surface area contributed by atoms with Crippen molar-refractivity contribution in [1.82, 2.24) is 4.98 Å². The van der Waals surface area contributed by atoms with Crippen molar-refractivity contribution < 1.29 is 0 Å². The molecule has 0 radical (unpaired) electrons. The molecule has 1 heterocycles. The zero-order chi connectivity index (χ0) is 16.8. The predicted molar refractivity (Wildman–Crippen MR) is 103 cm³/mol. The van der Waals surface area contributed by atoms with Crippen molar-refractivity contribution in [3.63, 3.8) is 0 Å². The van der Waals surface area contributed by atoms with Gasteiger partial charge in [0, 0.05) is 24.0 Å². The third-order valence-corrected chi connectivity index (χ3v) is 4.74. The van der Waals surface area contributed by atoms with Gasteiger partial charge in [0.05, 0.1) is 6.17 Å². The number of H-pyrrole nitrogens is 1. The number of rotatable bonds is 8. The van der Waals surface area contributed by atoms with Crippen molar-refractivity contribution in [2.75, 3.05) is 11.9 Å². The van der Waals surface area contributed by atoms with Gasteiger partial charge in [0.25, 0.3) is 0 Å².